The Kier molecular flexibility index (Phi) is 44.1. The van der Waals surface area contributed by atoms with E-state index >= 15 is 0 Å². The highest BCUT2D eigenvalue weighted by atomic mass is 33.1. The van der Waals surface area contributed by atoms with E-state index in [1.165, 1.54) is 33.4 Å². The maximum Gasteiger partial charge on any atom is 0.327 e. The number of nitrogens with one attached hydrogen (secondary N) is 8. The number of carbonyl (C=O) groups excluding carboxylic acids is 12. The summed E-state index contributed by atoms with van der Waals surface area (Å²) in [6.07, 6.45) is 3.30. The summed E-state index contributed by atoms with van der Waals surface area (Å²) >= 11 is 7.96. The van der Waals surface area contributed by atoms with Crippen LogP contribution in [0.5, 0.6) is 0 Å². The van der Waals surface area contributed by atoms with Gasteiger partial charge in [0, 0.05) is 62.3 Å². The largest absolute Gasteiger partial charge is 0.480 e. The lowest BCUT2D eigenvalue weighted by Crippen LogP contribution is -2.60. The van der Waals surface area contributed by atoms with Gasteiger partial charge in [0.2, 0.25) is 70.9 Å². The molecule has 16 atom stereocenters. The van der Waals surface area contributed by atoms with Crippen LogP contribution in [0, 0.1) is 0 Å². The number of likely N-dealkylation sites (tertiary alicyclic amines) is 2. The van der Waals surface area contributed by atoms with Crippen molar-refractivity contribution in [2.45, 2.75) is 240 Å². The van der Waals surface area contributed by atoms with Crippen molar-refractivity contribution in [3.63, 3.8) is 0 Å². The highest BCUT2D eigenvalue weighted by Gasteiger charge is 2.47. The third-order valence-corrected chi connectivity index (χ3v) is 21.8. The minimum Gasteiger partial charge on any atom is -0.480 e. The van der Waals surface area contributed by atoms with Crippen LogP contribution in [-0.4, -0.2) is 307 Å². The van der Waals surface area contributed by atoms with Gasteiger partial charge in [-0.3, -0.25) is 67.5 Å². The fourth-order valence-corrected chi connectivity index (χ4v) is 15.4. The number of aliphatic imine (C=N–C) groups is 2. The van der Waals surface area contributed by atoms with Crippen LogP contribution in [0.3, 0.4) is 0 Å². The highest BCUT2D eigenvalue weighted by Crippen LogP contribution is 2.30. The van der Waals surface area contributed by atoms with Crippen LogP contribution in [0.2, 0.25) is 0 Å². The molecule has 0 bridgehead atoms. The number of amides is 12. The van der Waals surface area contributed by atoms with Crippen LogP contribution in [0.15, 0.2) is 9.98 Å². The van der Waals surface area contributed by atoms with Crippen molar-refractivity contribution in [2.24, 2.45) is 55.9 Å². The topological polar surface area (TPSA) is 662 Å². The van der Waals surface area contributed by atoms with Crippen molar-refractivity contribution < 1.29 is 87.5 Å². The molecular formula is C66H118N22O18S4. The van der Waals surface area contributed by atoms with Crippen LogP contribution < -0.4 is 88.4 Å². The second-order valence-corrected chi connectivity index (χ2v) is 30.2. The van der Waals surface area contributed by atoms with Gasteiger partial charge < -0.3 is 128 Å². The van der Waals surface area contributed by atoms with Crippen molar-refractivity contribution in [1.82, 2.24) is 62.1 Å². The SMILES string of the molecule is CC.C[C@@H](O)[C@@H]1NC(=O)[C@@H](N)CSSC[C@@H](C(=O)O)NC(=O)[C@H](CCCN=C(N)N)NC(=O)[C@@H]2CCCN2C(=O)[C@@H]2CCCN2C(=O)[C@H](CCCCN)NC1=O.C[C@@H](O)[C@H](NC(=O)[C@@H](N)CS)C(=O)N[C@@H](CCCCN)C(=O)N1CCC[C@H]1C(=O)N1CCC[C@H]1C(=O)N[C@@H](CCCN=C(N)N)C(=O)N[C@@H](CS)C(=O)O. The molecule has 5 rings (SSSR count). The fourth-order valence-electron chi connectivity index (χ4n) is 12.7. The monoisotopic (exact) mass is 1630 g/mol. The molecule has 12 amide bonds. The number of hydrogen-bond donors (Lipinski definition) is 22. The van der Waals surface area contributed by atoms with E-state index in [9.17, 15) is 87.5 Å². The highest BCUT2D eigenvalue weighted by molar-refractivity contribution is 8.76. The summed E-state index contributed by atoms with van der Waals surface area (Å²) in [5.74, 6) is -11.3. The number of aliphatic hydroxyl groups excluding tert-OH is 2. The zero-order valence-electron chi connectivity index (χ0n) is 63.0. The van der Waals surface area contributed by atoms with E-state index < -0.39 is 180 Å². The molecule has 0 aliphatic carbocycles. The van der Waals surface area contributed by atoms with Gasteiger partial charge >= 0.3 is 11.9 Å². The summed E-state index contributed by atoms with van der Waals surface area (Å²) in [4.78, 5) is 200. The van der Waals surface area contributed by atoms with Gasteiger partial charge in [0.05, 0.1) is 24.3 Å². The van der Waals surface area contributed by atoms with Gasteiger partial charge in [-0.1, -0.05) is 35.4 Å². The molecule has 5 fully saturated rings. The van der Waals surface area contributed by atoms with Crippen LogP contribution in [0.25, 0.3) is 0 Å². The number of aliphatic carboxylic acids is 2. The van der Waals surface area contributed by atoms with Crippen LogP contribution in [0.1, 0.15) is 143 Å². The molecule has 40 nitrogen and oxygen atoms in total. The van der Waals surface area contributed by atoms with E-state index in [0.717, 1.165) is 21.6 Å². The molecule has 5 aliphatic heterocycles. The quantitative estimate of drug-likeness (QED) is 0.00978. The summed E-state index contributed by atoms with van der Waals surface area (Å²) in [6.45, 7) is 8.39. The number of fused-ring (bicyclic) bond motifs is 2. The summed E-state index contributed by atoms with van der Waals surface area (Å²) < 4.78 is 0. The smallest absolute Gasteiger partial charge is 0.327 e. The van der Waals surface area contributed by atoms with Crippen molar-refractivity contribution >= 4 is 142 Å². The minimum atomic E-state index is -1.48. The van der Waals surface area contributed by atoms with E-state index in [-0.39, 0.29) is 119 Å². The van der Waals surface area contributed by atoms with E-state index in [2.05, 4.69) is 77.8 Å². The van der Waals surface area contributed by atoms with Crippen molar-refractivity contribution in [2.75, 3.05) is 75.4 Å². The second-order valence-electron chi connectivity index (χ2n) is 26.9. The molecule has 0 saturated carbocycles. The summed E-state index contributed by atoms with van der Waals surface area (Å²) in [5.41, 5.74) is 44.7. The first-order valence-electron chi connectivity index (χ1n) is 37.2. The number of aliphatic hydroxyl groups is 2. The average Bonchev–Trinajstić information content (AvgIpc) is 1.64. The fraction of sp³-hybridized carbons (Fsp3) is 0.758. The van der Waals surface area contributed by atoms with Crippen molar-refractivity contribution in [3.05, 3.63) is 0 Å². The summed E-state index contributed by atoms with van der Waals surface area (Å²) in [5, 5.41) is 60.4. The molecule has 5 aliphatic rings. The Bertz CT molecular complexity index is 3140. The minimum absolute atomic E-state index is 0.00959. The number of carboxylic acids is 2. The molecule has 110 heavy (non-hydrogen) atoms. The third kappa shape index (κ3) is 30.8. The molecule has 0 aromatic heterocycles. The Morgan fingerprint density at radius 2 is 1.12 bits per heavy atom. The zero-order valence-corrected chi connectivity index (χ0v) is 66.4. The lowest BCUT2D eigenvalue weighted by molar-refractivity contribution is -0.148. The first kappa shape index (κ1) is 96.5. The number of hydrogen-bond acceptors (Lipinski definition) is 26. The van der Waals surface area contributed by atoms with E-state index in [4.69, 9.17) is 45.9 Å². The Morgan fingerprint density at radius 3 is 1.70 bits per heavy atom. The van der Waals surface area contributed by atoms with Gasteiger partial charge in [-0.05, 0) is 143 Å². The van der Waals surface area contributed by atoms with Crippen LogP contribution in [0.4, 0.5) is 0 Å². The standard InChI is InChI=1S/C32H55N11O9S2.C32H57N11O9S2.C2H6/c1-17(44)24-28(48)39-20(7-2-3-11-33)29(49)43-14-6-10-23(43)30(50)42-13-5-9-22(42)27(47)38-19(8-4-12-37-32(35)36)26(46)40-21(31(51)52)16-54-53-15-18(34)25(45)41-24;1-17(44)24(41-25(45)18(34)15-53)28(48)39-20(7-2-3-11-33)29(49)43-14-6-10-23(43)30(50)42-13-5-9-22(42)27(47)38-19(8-4-12-37-32(35)36)26(46)40-21(16-54)31(51)52;1-2/h17-24,44H,2-16,33-34H2,1H3,(H,38,47)(H,39,48)(H,40,46)(H,41,45)(H,51,52)(H4,35,36,37);17-24,44,53-54H,2-16,33-34H2,1H3,(H,38,47)(H,39,48)(H,40,46)(H,41,45)(H,51,52)(H4,35,36,37);1-2H3/t2*17-,18+,19+,20+,21+,22+,23+,24+;/m11./s1. The van der Waals surface area contributed by atoms with Gasteiger partial charge in [0.15, 0.2) is 11.9 Å². The van der Waals surface area contributed by atoms with Gasteiger partial charge in [0.1, 0.15) is 72.5 Å². The Hall–Kier alpha value is -7.72. The molecule has 0 radical (unpaired) electrons. The lowest BCUT2D eigenvalue weighted by Gasteiger charge is -2.34. The number of nitrogens with zero attached hydrogens (tertiary/aromatic N) is 6. The van der Waals surface area contributed by atoms with E-state index in [0.29, 0.717) is 83.7 Å². The number of nitrogens with two attached hydrogens (primary N) is 8. The van der Waals surface area contributed by atoms with E-state index in [1.807, 2.05) is 13.8 Å². The van der Waals surface area contributed by atoms with Crippen LogP contribution in [-0.2, 0) is 67.1 Å². The third-order valence-electron chi connectivity index (χ3n) is 18.6. The Balaban J connectivity index is 0.000000558. The maximum absolute atomic E-state index is 14.1. The zero-order chi connectivity index (χ0) is 82.5. The summed E-state index contributed by atoms with van der Waals surface area (Å²) in [6, 6.07) is -16.3. The number of unbranched alkanes of at least 4 members (excludes halogenated alkanes) is 2. The predicted octanol–water partition coefficient (Wildman–Crippen LogP) is -6.95. The average molecular weight is 1640 g/mol. The van der Waals surface area contributed by atoms with Gasteiger partial charge in [0.25, 0.3) is 0 Å². The first-order chi connectivity index (χ1) is 52.2. The molecule has 44 heteroatoms. The molecule has 0 spiro atoms. The number of guanidine groups is 2. The number of carboxylic acid groups (broad SMARTS) is 2. The molecule has 28 N–H and O–H groups in total. The number of carbonyl (C=O) groups is 14. The molecule has 0 aromatic carbocycles. The summed E-state index contributed by atoms with van der Waals surface area (Å²) in [7, 11) is 2.08. The maximum atomic E-state index is 14.1. The van der Waals surface area contributed by atoms with Crippen molar-refractivity contribution in [3.8, 4) is 0 Å². The number of thiol groups is 2. The molecular weight excluding hydrogens is 1520 g/mol. The predicted molar refractivity (Wildman–Crippen MR) is 419 cm³/mol. The van der Waals surface area contributed by atoms with Crippen molar-refractivity contribution in [1.29, 1.82) is 0 Å². The Morgan fingerprint density at radius 1 is 0.573 bits per heavy atom. The molecule has 5 heterocycles. The first-order valence-corrected chi connectivity index (χ1v) is 40.9. The van der Waals surface area contributed by atoms with Gasteiger partial charge in [-0.25, -0.2) is 9.59 Å². The van der Waals surface area contributed by atoms with E-state index in [1.54, 1.807) is 0 Å². The normalized spacial score (nSPS) is 24.1. The molecule has 0 aromatic rings. The van der Waals surface area contributed by atoms with Gasteiger partial charge in [-0.2, -0.15) is 25.3 Å². The lowest BCUT2D eigenvalue weighted by atomic mass is 10.0. The van der Waals surface area contributed by atoms with Crippen LogP contribution >= 0.6 is 46.8 Å². The molecule has 5 saturated heterocycles. The molecule has 624 valence electrons. The van der Waals surface area contributed by atoms with Gasteiger partial charge in [-0.15, -0.1) is 0 Å². The number of rotatable bonds is 32. The second kappa shape index (κ2) is 50.3. The molecule has 0 unspecified atom stereocenters. The Labute approximate surface area is 659 Å².